The number of ether oxygens (including phenoxy) is 2. The van der Waals surface area contributed by atoms with E-state index >= 15 is 0 Å². The van der Waals surface area contributed by atoms with Crippen LogP contribution < -0.4 is 15.2 Å². The van der Waals surface area contributed by atoms with Gasteiger partial charge in [0.05, 0.1) is 0 Å². The lowest BCUT2D eigenvalue weighted by molar-refractivity contribution is -0.134. The predicted octanol–water partition coefficient (Wildman–Crippen LogP) is 1.35. The number of nitrogens with two attached hydrogens (primary N) is 1. The molecule has 0 saturated heterocycles. The highest BCUT2D eigenvalue weighted by molar-refractivity contribution is 5.74. The zero-order chi connectivity index (χ0) is 14.0. The Labute approximate surface area is 111 Å². The molecule has 0 unspecified atom stereocenters. The van der Waals surface area contributed by atoms with Crippen LogP contribution in [0.1, 0.15) is 31.4 Å². The van der Waals surface area contributed by atoms with Gasteiger partial charge in [-0.3, -0.25) is 9.59 Å². The van der Waals surface area contributed by atoms with Gasteiger partial charge in [0, 0.05) is 19.9 Å². The third kappa shape index (κ3) is 3.32. The summed E-state index contributed by atoms with van der Waals surface area (Å²) in [7, 11) is 0. The van der Waals surface area contributed by atoms with Crippen molar-refractivity contribution in [1.82, 2.24) is 0 Å². The minimum atomic E-state index is -0.451. The third-order valence-electron chi connectivity index (χ3n) is 3.04. The van der Waals surface area contributed by atoms with E-state index in [1.54, 1.807) is 12.1 Å². The zero-order valence-electron chi connectivity index (χ0n) is 11.1. The standard InChI is InChI=1S/C14H17NO4/c1-8(16)18-13-6-10-3-4-12(15)5-11(10)7-14(13)19-9(2)17/h6-7,12H,3-5,15H2,1-2H3/t12-/m0/s1. The summed E-state index contributed by atoms with van der Waals surface area (Å²) >= 11 is 0. The van der Waals surface area contributed by atoms with Crippen LogP contribution in [0.15, 0.2) is 12.1 Å². The first-order chi connectivity index (χ1) is 8.95. The summed E-state index contributed by atoms with van der Waals surface area (Å²) in [5, 5.41) is 0. The van der Waals surface area contributed by atoms with Gasteiger partial charge in [0.15, 0.2) is 11.5 Å². The van der Waals surface area contributed by atoms with Gasteiger partial charge in [-0.25, -0.2) is 0 Å². The smallest absolute Gasteiger partial charge is 0.308 e. The zero-order valence-corrected chi connectivity index (χ0v) is 11.1. The molecule has 0 fully saturated rings. The second kappa shape index (κ2) is 5.40. The first kappa shape index (κ1) is 13.5. The molecule has 1 aliphatic rings. The van der Waals surface area contributed by atoms with Crippen molar-refractivity contribution in [1.29, 1.82) is 0 Å². The van der Waals surface area contributed by atoms with Gasteiger partial charge in [-0.15, -0.1) is 0 Å². The maximum atomic E-state index is 11.1. The molecule has 0 radical (unpaired) electrons. The summed E-state index contributed by atoms with van der Waals surface area (Å²) in [6, 6.07) is 3.63. The van der Waals surface area contributed by atoms with Gasteiger partial charge in [-0.2, -0.15) is 0 Å². The first-order valence-corrected chi connectivity index (χ1v) is 6.24. The van der Waals surface area contributed by atoms with Gasteiger partial charge in [0.1, 0.15) is 0 Å². The lowest BCUT2D eigenvalue weighted by atomic mass is 9.88. The van der Waals surface area contributed by atoms with Crippen LogP contribution in [0.2, 0.25) is 0 Å². The van der Waals surface area contributed by atoms with Gasteiger partial charge in [0.2, 0.25) is 0 Å². The number of hydrogen-bond donors (Lipinski definition) is 1. The Kier molecular flexibility index (Phi) is 3.85. The molecule has 2 N–H and O–H groups in total. The van der Waals surface area contributed by atoms with Crippen molar-refractivity contribution in [3.05, 3.63) is 23.3 Å². The number of fused-ring (bicyclic) bond motifs is 1. The number of rotatable bonds is 2. The van der Waals surface area contributed by atoms with Crippen molar-refractivity contribution in [2.45, 2.75) is 39.2 Å². The molecule has 0 aromatic heterocycles. The quantitative estimate of drug-likeness (QED) is 0.643. The van der Waals surface area contributed by atoms with Gasteiger partial charge in [0.25, 0.3) is 0 Å². The second-order valence-electron chi connectivity index (χ2n) is 4.76. The fraction of sp³-hybridized carbons (Fsp3) is 0.429. The topological polar surface area (TPSA) is 78.6 Å². The molecule has 5 heteroatoms. The number of benzene rings is 1. The molecule has 1 aromatic rings. The molecular formula is C14H17NO4. The van der Waals surface area contributed by atoms with Crippen LogP contribution in [-0.4, -0.2) is 18.0 Å². The Bertz CT molecular complexity index is 524. The summed E-state index contributed by atoms with van der Waals surface area (Å²) in [6.45, 7) is 2.62. The monoisotopic (exact) mass is 263 g/mol. The van der Waals surface area contributed by atoms with Crippen molar-refractivity contribution in [2.75, 3.05) is 0 Å². The molecule has 0 aliphatic heterocycles. The SMILES string of the molecule is CC(=O)Oc1cc2c(cc1OC(C)=O)C[C@@H](N)CC2. The Hall–Kier alpha value is -1.88. The molecule has 1 atom stereocenters. The van der Waals surface area contributed by atoms with E-state index in [9.17, 15) is 9.59 Å². The first-order valence-electron chi connectivity index (χ1n) is 6.24. The van der Waals surface area contributed by atoms with Gasteiger partial charge >= 0.3 is 11.9 Å². The average molecular weight is 263 g/mol. The summed E-state index contributed by atoms with van der Waals surface area (Å²) in [6.07, 6.45) is 2.48. The number of carbonyl (C=O) groups is 2. The number of carbonyl (C=O) groups excluding carboxylic acids is 2. The van der Waals surface area contributed by atoms with Crippen LogP contribution >= 0.6 is 0 Å². The van der Waals surface area contributed by atoms with Crippen molar-refractivity contribution < 1.29 is 19.1 Å². The van der Waals surface area contributed by atoms with Gasteiger partial charge in [-0.1, -0.05) is 0 Å². The maximum Gasteiger partial charge on any atom is 0.308 e. The molecule has 0 amide bonds. The molecule has 0 saturated carbocycles. The molecule has 102 valence electrons. The van der Waals surface area contributed by atoms with Crippen LogP contribution in [-0.2, 0) is 22.4 Å². The van der Waals surface area contributed by atoms with Crippen molar-refractivity contribution in [3.8, 4) is 11.5 Å². The molecule has 0 spiro atoms. The van der Waals surface area contributed by atoms with Gasteiger partial charge < -0.3 is 15.2 Å². The minimum Gasteiger partial charge on any atom is -0.423 e. The predicted molar refractivity (Wildman–Crippen MR) is 69.1 cm³/mol. The summed E-state index contributed by atoms with van der Waals surface area (Å²) in [5.74, 6) is -0.332. The highest BCUT2D eigenvalue weighted by atomic mass is 16.6. The van der Waals surface area contributed by atoms with Crippen LogP contribution in [0, 0.1) is 0 Å². The molecule has 1 aliphatic carbocycles. The van der Waals surface area contributed by atoms with Crippen molar-refractivity contribution >= 4 is 11.9 Å². The molecule has 1 aromatic carbocycles. The number of aryl methyl sites for hydroxylation is 1. The average Bonchev–Trinajstić information content (AvgIpc) is 2.28. The number of hydrogen-bond acceptors (Lipinski definition) is 5. The number of esters is 2. The maximum absolute atomic E-state index is 11.1. The Balaban J connectivity index is 2.40. The fourth-order valence-electron chi connectivity index (χ4n) is 2.26. The third-order valence-corrected chi connectivity index (χ3v) is 3.04. The van der Waals surface area contributed by atoms with E-state index in [0.29, 0.717) is 0 Å². The molecule has 0 bridgehead atoms. The lowest BCUT2D eigenvalue weighted by Gasteiger charge is -2.23. The Morgan fingerprint density at radius 3 is 2.16 bits per heavy atom. The second-order valence-corrected chi connectivity index (χ2v) is 4.76. The fourth-order valence-corrected chi connectivity index (χ4v) is 2.26. The van der Waals surface area contributed by atoms with Crippen molar-refractivity contribution in [2.24, 2.45) is 5.73 Å². The summed E-state index contributed by atoms with van der Waals surface area (Å²) < 4.78 is 10.2. The molecule has 5 nitrogen and oxygen atoms in total. The van der Waals surface area contributed by atoms with Crippen LogP contribution in [0.3, 0.4) is 0 Å². The highest BCUT2D eigenvalue weighted by Gasteiger charge is 2.20. The van der Waals surface area contributed by atoms with Gasteiger partial charge in [-0.05, 0) is 42.5 Å². The normalized spacial score (nSPS) is 17.5. The largest absolute Gasteiger partial charge is 0.423 e. The van der Waals surface area contributed by atoms with E-state index in [4.69, 9.17) is 15.2 Å². The molecular weight excluding hydrogens is 246 g/mol. The van der Waals surface area contributed by atoms with E-state index in [1.165, 1.54) is 13.8 Å². The Morgan fingerprint density at radius 1 is 1.11 bits per heavy atom. The lowest BCUT2D eigenvalue weighted by Crippen LogP contribution is -2.28. The van der Waals surface area contributed by atoms with E-state index in [2.05, 4.69) is 0 Å². The van der Waals surface area contributed by atoms with E-state index < -0.39 is 11.9 Å². The molecule has 19 heavy (non-hydrogen) atoms. The van der Waals surface area contributed by atoms with Crippen LogP contribution in [0.5, 0.6) is 11.5 Å². The van der Waals surface area contributed by atoms with Crippen molar-refractivity contribution in [3.63, 3.8) is 0 Å². The highest BCUT2D eigenvalue weighted by Crippen LogP contribution is 2.34. The van der Waals surface area contributed by atoms with Crippen LogP contribution in [0.4, 0.5) is 0 Å². The van der Waals surface area contributed by atoms with E-state index in [-0.39, 0.29) is 17.5 Å². The summed E-state index contributed by atoms with van der Waals surface area (Å²) in [4.78, 5) is 22.2. The Morgan fingerprint density at radius 2 is 1.63 bits per heavy atom. The minimum absolute atomic E-state index is 0.122. The summed E-state index contributed by atoms with van der Waals surface area (Å²) in [5.41, 5.74) is 8.07. The molecule has 2 rings (SSSR count). The van der Waals surface area contributed by atoms with Crippen LogP contribution in [0.25, 0.3) is 0 Å². The van der Waals surface area contributed by atoms with E-state index in [0.717, 1.165) is 30.4 Å². The molecule has 0 heterocycles. The van der Waals surface area contributed by atoms with E-state index in [1.807, 2.05) is 0 Å².